The molecule has 0 bridgehead atoms. The van der Waals surface area contributed by atoms with Gasteiger partial charge in [-0.2, -0.15) is 5.10 Å². The molecule has 2 N–H and O–H groups in total. The van der Waals surface area contributed by atoms with Crippen molar-refractivity contribution in [2.75, 3.05) is 6.54 Å². The first kappa shape index (κ1) is 12.3. The van der Waals surface area contributed by atoms with Gasteiger partial charge >= 0.3 is 0 Å². The lowest BCUT2D eigenvalue weighted by molar-refractivity contribution is 0.623. The number of hydrogen-bond acceptors (Lipinski definition) is 2. The van der Waals surface area contributed by atoms with E-state index in [1.54, 1.807) is 16.9 Å². The molecule has 2 aromatic rings. The third kappa shape index (κ3) is 2.96. The molecule has 4 heteroatoms. The number of halogens is 1. The number of rotatable bonds is 2. The minimum atomic E-state index is -0.295. The molecule has 3 nitrogen and oxygen atoms in total. The summed E-state index contributed by atoms with van der Waals surface area (Å²) in [6.45, 7) is 2.81. The van der Waals surface area contributed by atoms with Gasteiger partial charge in [-0.05, 0) is 30.2 Å². The summed E-state index contributed by atoms with van der Waals surface area (Å²) < 4.78 is 15.0. The number of aryl methyl sites for hydroxylation is 1. The summed E-state index contributed by atoms with van der Waals surface area (Å²) in [5.74, 6) is 5.33. The Morgan fingerprint density at radius 3 is 2.94 bits per heavy atom. The van der Waals surface area contributed by atoms with E-state index in [1.165, 1.54) is 12.1 Å². The van der Waals surface area contributed by atoms with Crippen LogP contribution in [0.2, 0.25) is 0 Å². The van der Waals surface area contributed by atoms with Gasteiger partial charge < -0.3 is 5.73 Å². The van der Waals surface area contributed by atoms with Crippen molar-refractivity contribution in [3.8, 4) is 11.8 Å². The van der Waals surface area contributed by atoms with E-state index in [1.807, 2.05) is 13.1 Å². The summed E-state index contributed by atoms with van der Waals surface area (Å²) in [5.41, 5.74) is 8.02. The highest BCUT2D eigenvalue weighted by atomic mass is 19.1. The van der Waals surface area contributed by atoms with Gasteiger partial charge in [-0.25, -0.2) is 4.39 Å². The van der Waals surface area contributed by atoms with Gasteiger partial charge in [-0.1, -0.05) is 17.9 Å². The second-order valence-electron chi connectivity index (χ2n) is 4.02. The van der Waals surface area contributed by atoms with Crippen molar-refractivity contribution in [2.24, 2.45) is 5.73 Å². The minimum Gasteiger partial charge on any atom is -0.320 e. The van der Waals surface area contributed by atoms with E-state index in [2.05, 4.69) is 16.9 Å². The van der Waals surface area contributed by atoms with Gasteiger partial charge in [0.15, 0.2) is 0 Å². The zero-order valence-electron chi connectivity index (χ0n) is 10.2. The van der Waals surface area contributed by atoms with Crippen LogP contribution in [-0.4, -0.2) is 16.3 Å². The highest BCUT2D eigenvalue weighted by Crippen LogP contribution is 2.12. The molecule has 0 saturated carbocycles. The summed E-state index contributed by atoms with van der Waals surface area (Å²) in [6.07, 6.45) is 3.72. The van der Waals surface area contributed by atoms with Crippen molar-refractivity contribution in [3.05, 3.63) is 53.1 Å². The zero-order valence-corrected chi connectivity index (χ0v) is 10.2. The van der Waals surface area contributed by atoms with Crippen LogP contribution in [0.25, 0.3) is 0 Å². The summed E-state index contributed by atoms with van der Waals surface area (Å²) in [6, 6.07) is 4.58. The quantitative estimate of drug-likeness (QED) is 0.816. The number of nitrogens with two attached hydrogens (primary N) is 1. The lowest BCUT2D eigenvalue weighted by Gasteiger charge is -2.05. The fourth-order valence-electron chi connectivity index (χ4n) is 1.68. The molecule has 0 aliphatic heterocycles. The summed E-state index contributed by atoms with van der Waals surface area (Å²) in [4.78, 5) is 0. The van der Waals surface area contributed by atoms with E-state index in [0.29, 0.717) is 12.1 Å². The Kier molecular flexibility index (Phi) is 3.75. The molecule has 2 rings (SSSR count). The molecule has 0 spiro atoms. The van der Waals surface area contributed by atoms with Crippen LogP contribution in [0.1, 0.15) is 16.7 Å². The Morgan fingerprint density at radius 1 is 1.44 bits per heavy atom. The average molecular weight is 243 g/mol. The van der Waals surface area contributed by atoms with E-state index in [9.17, 15) is 4.39 Å². The van der Waals surface area contributed by atoms with Crippen LogP contribution in [0, 0.1) is 24.6 Å². The molecule has 0 amide bonds. The van der Waals surface area contributed by atoms with E-state index in [0.717, 1.165) is 11.1 Å². The first-order valence-electron chi connectivity index (χ1n) is 5.65. The molecule has 92 valence electrons. The molecule has 18 heavy (non-hydrogen) atoms. The molecule has 0 atom stereocenters. The van der Waals surface area contributed by atoms with E-state index < -0.39 is 0 Å². The van der Waals surface area contributed by atoms with Crippen molar-refractivity contribution >= 4 is 0 Å². The molecule has 0 fully saturated rings. The smallest absolute Gasteiger partial charge is 0.124 e. The second kappa shape index (κ2) is 5.48. The monoisotopic (exact) mass is 243 g/mol. The van der Waals surface area contributed by atoms with Gasteiger partial charge in [0.25, 0.3) is 0 Å². The molecular weight excluding hydrogens is 229 g/mol. The van der Waals surface area contributed by atoms with Gasteiger partial charge in [0.1, 0.15) is 5.82 Å². The van der Waals surface area contributed by atoms with Crippen LogP contribution in [0.5, 0.6) is 0 Å². The van der Waals surface area contributed by atoms with Gasteiger partial charge in [-0.15, -0.1) is 0 Å². The standard InChI is InChI=1S/C14H14FN3/c1-11-8-17-18(9-11)10-13-4-5-14(15)7-12(13)3-2-6-16/h4-5,7-9H,6,10,16H2,1H3. The van der Waals surface area contributed by atoms with Crippen molar-refractivity contribution in [2.45, 2.75) is 13.5 Å². The van der Waals surface area contributed by atoms with E-state index in [4.69, 9.17) is 5.73 Å². The maximum Gasteiger partial charge on any atom is 0.124 e. The summed E-state index contributed by atoms with van der Waals surface area (Å²) in [5, 5.41) is 4.20. The Labute approximate surface area is 105 Å². The first-order valence-corrected chi connectivity index (χ1v) is 5.65. The zero-order chi connectivity index (χ0) is 13.0. The summed E-state index contributed by atoms with van der Waals surface area (Å²) in [7, 11) is 0. The largest absolute Gasteiger partial charge is 0.320 e. The van der Waals surface area contributed by atoms with E-state index >= 15 is 0 Å². The van der Waals surface area contributed by atoms with Crippen LogP contribution in [0.3, 0.4) is 0 Å². The van der Waals surface area contributed by atoms with Gasteiger partial charge in [0, 0.05) is 11.8 Å². The van der Waals surface area contributed by atoms with Crippen molar-refractivity contribution in [3.63, 3.8) is 0 Å². The molecule has 1 aromatic carbocycles. The fourth-order valence-corrected chi connectivity index (χ4v) is 1.68. The predicted molar refractivity (Wildman–Crippen MR) is 68.4 cm³/mol. The number of benzene rings is 1. The Balaban J connectivity index is 2.31. The van der Waals surface area contributed by atoms with Crippen LogP contribution in [-0.2, 0) is 6.54 Å². The molecule has 0 unspecified atom stereocenters. The van der Waals surface area contributed by atoms with Gasteiger partial charge in [-0.3, -0.25) is 4.68 Å². The maximum absolute atomic E-state index is 13.2. The molecule has 0 aliphatic rings. The van der Waals surface area contributed by atoms with Crippen molar-refractivity contribution < 1.29 is 4.39 Å². The predicted octanol–water partition coefficient (Wildman–Crippen LogP) is 1.69. The average Bonchev–Trinajstić information content (AvgIpc) is 2.75. The number of nitrogens with zero attached hydrogens (tertiary/aromatic N) is 2. The molecule has 0 aliphatic carbocycles. The number of hydrogen-bond donors (Lipinski definition) is 1. The van der Waals surface area contributed by atoms with Crippen LogP contribution in [0.4, 0.5) is 4.39 Å². The molecule has 1 heterocycles. The molecular formula is C14H14FN3. The SMILES string of the molecule is Cc1cnn(Cc2ccc(F)cc2C#CCN)c1. The van der Waals surface area contributed by atoms with E-state index in [-0.39, 0.29) is 12.4 Å². The molecule has 1 aromatic heterocycles. The third-order valence-electron chi connectivity index (χ3n) is 2.49. The van der Waals surface area contributed by atoms with Crippen molar-refractivity contribution in [1.82, 2.24) is 9.78 Å². The second-order valence-corrected chi connectivity index (χ2v) is 4.02. The molecule has 0 saturated heterocycles. The highest BCUT2D eigenvalue weighted by molar-refractivity contribution is 5.42. The van der Waals surface area contributed by atoms with Gasteiger partial charge in [0.2, 0.25) is 0 Å². The van der Waals surface area contributed by atoms with Crippen LogP contribution >= 0.6 is 0 Å². The third-order valence-corrected chi connectivity index (χ3v) is 2.49. The summed E-state index contributed by atoms with van der Waals surface area (Å²) >= 11 is 0. The Morgan fingerprint density at radius 2 is 2.28 bits per heavy atom. The lowest BCUT2D eigenvalue weighted by Crippen LogP contribution is -2.03. The highest BCUT2D eigenvalue weighted by Gasteiger charge is 2.04. The fraction of sp³-hybridized carbons (Fsp3) is 0.214. The van der Waals surface area contributed by atoms with Crippen LogP contribution in [0.15, 0.2) is 30.6 Å². The Bertz CT molecular complexity index is 605. The normalized spacial score (nSPS) is 9.94. The molecule has 0 radical (unpaired) electrons. The van der Waals surface area contributed by atoms with Crippen molar-refractivity contribution in [1.29, 1.82) is 0 Å². The Hall–Kier alpha value is -2.12. The number of aromatic nitrogens is 2. The minimum absolute atomic E-state index is 0.261. The van der Waals surface area contributed by atoms with Crippen LogP contribution < -0.4 is 5.73 Å². The lowest BCUT2D eigenvalue weighted by atomic mass is 10.1. The first-order chi connectivity index (χ1) is 8.69. The topological polar surface area (TPSA) is 43.8 Å². The van der Waals surface area contributed by atoms with Gasteiger partial charge in [0.05, 0.1) is 19.3 Å². The maximum atomic E-state index is 13.2.